The standard InChI is InChI=1S/C16H15BrClNO2/c17-13-6-7-15(20)14(10-13)16(21)19(9-8-18)11-12-4-2-1-3-5-12/h1-7,10,20H,8-9,11H2. The van der Waals surface area contributed by atoms with Crippen LogP contribution >= 0.6 is 27.5 Å². The van der Waals surface area contributed by atoms with Crippen molar-refractivity contribution in [2.45, 2.75) is 6.54 Å². The number of rotatable bonds is 5. The molecule has 0 aliphatic rings. The maximum absolute atomic E-state index is 12.6. The first kappa shape index (κ1) is 15.9. The van der Waals surface area contributed by atoms with Crippen molar-refractivity contribution in [1.29, 1.82) is 0 Å². The summed E-state index contributed by atoms with van der Waals surface area (Å²) in [7, 11) is 0. The number of hydrogen-bond donors (Lipinski definition) is 1. The Hall–Kier alpha value is -1.52. The number of carbonyl (C=O) groups excluding carboxylic acids is 1. The third-order valence-electron chi connectivity index (χ3n) is 3.05. The molecule has 21 heavy (non-hydrogen) atoms. The van der Waals surface area contributed by atoms with E-state index in [1.165, 1.54) is 6.07 Å². The largest absolute Gasteiger partial charge is 0.507 e. The summed E-state index contributed by atoms with van der Waals surface area (Å²) in [6, 6.07) is 14.5. The van der Waals surface area contributed by atoms with E-state index in [0.717, 1.165) is 10.0 Å². The Morgan fingerprint density at radius 2 is 1.90 bits per heavy atom. The number of hydrogen-bond acceptors (Lipinski definition) is 2. The molecule has 0 saturated carbocycles. The average Bonchev–Trinajstić information content (AvgIpc) is 2.49. The van der Waals surface area contributed by atoms with Gasteiger partial charge < -0.3 is 10.0 Å². The third kappa shape index (κ3) is 4.22. The van der Waals surface area contributed by atoms with Crippen molar-refractivity contribution in [3.05, 3.63) is 64.1 Å². The molecule has 0 atom stereocenters. The minimum atomic E-state index is -0.238. The summed E-state index contributed by atoms with van der Waals surface area (Å²) in [5.41, 5.74) is 1.29. The molecule has 2 aromatic rings. The van der Waals surface area contributed by atoms with E-state index in [1.807, 2.05) is 30.3 Å². The number of amides is 1. The Morgan fingerprint density at radius 1 is 1.19 bits per heavy atom. The second kappa shape index (κ2) is 7.48. The lowest BCUT2D eigenvalue weighted by molar-refractivity contribution is 0.0750. The Labute approximate surface area is 137 Å². The number of phenols is 1. The van der Waals surface area contributed by atoms with Crippen LogP contribution in [-0.4, -0.2) is 28.3 Å². The molecule has 0 heterocycles. The van der Waals surface area contributed by atoms with E-state index in [9.17, 15) is 9.90 Å². The van der Waals surface area contributed by atoms with Gasteiger partial charge in [0.1, 0.15) is 5.75 Å². The van der Waals surface area contributed by atoms with Crippen LogP contribution in [0.25, 0.3) is 0 Å². The van der Waals surface area contributed by atoms with Crippen molar-refractivity contribution in [3.8, 4) is 5.75 Å². The molecule has 0 fully saturated rings. The van der Waals surface area contributed by atoms with Gasteiger partial charge in [-0.3, -0.25) is 4.79 Å². The van der Waals surface area contributed by atoms with Crippen LogP contribution in [0.15, 0.2) is 53.0 Å². The lowest BCUT2D eigenvalue weighted by Crippen LogP contribution is -2.32. The molecule has 0 aromatic heterocycles. The van der Waals surface area contributed by atoms with Gasteiger partial charge in [-0.15, -0.1) is 11.6 Å². The van der Waals surface area contributed by atoms with E-state index >= 15 is 0 Å². The minimum Gasteiger partial charge on any atom is -0.507 e. The normalized spacial score (nSPS) is 10.4. The second-order valence-corrected chi connectivity index (χ2v) is 5.86. The van der Waals surface area contributed by atoms with Gasteiger partial charge >= 0.3 is 0 Å². The predicted octanol–water partition coefficient (Wildman–Crippen LogP) is 4.04. The van der Waals surface area contributed by atoms with Gasteiger partial charge in [-0.2, -0.15) is 0 Å². The molecule has 1 amide bonds. The highest BCUT2D eigenvalue weighted by atomic mass is 79.9. The fourth-order valence-electron chi connectivity index (χ4n) is 2.01. The highest BCUT2D eigenvalue weighted by Gasteiger charge is 2.19. The first-order valence-electron chi connectivity index (χ1n) is 6.49. The molecule has 0 unspecified atom stereocenters. The van der Waals surface area contributed by atoms with Crippen molar-refractivity contribution in [2.24, 2.45) is 0 Å². The van der Waals surface area contributed by atoms with E-state index in [4.69, 9.17) is 11.6 Å². The van der Waals surface area contributed by atoms with Crippen LogP contribution in [0.2, 0.25) is 0 Å². The molecule has 2 aromatic carbocycles. The van der Waals surface area contributed by atoms with Gasteiger partial charge in [-0.05, 0) is 23.8 Å². The Morgan fingerprint density at radius 3 is 2.57 bits per heavy atom. The zero-order valence-electron chi connectivity index (χ0n) is 11.3. The second-order valence-electron chi connectivity index (χ2n) is 4.56. The molecule has 2 rings (SSSR count). The summed E-state index contributed by atoms with van der Waals surface area (Å²) in [4.78, 5) is 14.2. The summed E-state index contributed by atoms with van der Waals surface area (Å²) in [5.74, 6) is 0.0713. The monoisotopic (exact) mass is 367 g/mol. The van der Waals surface area contributed by atoms with E-state index in [0.29, 0.717) is 19.0 Å². The van der Waals surface area contributed by atoms with Crippen molar-refractivity contribution >= 4 is 33.4 Å². The Kier molecular flexibility index (Phi) is 5.65. The molecule has 0 bridgehead atoms. The van der Waals surface area contributed by atoms with Crippen LogP contribution in [0.4, 0.5) is 0 Å². The van der Waals surface area contributed by atoms with Crippen LogP contribution in [-0.2, 0) is 6.54 Å². The molecule has 0 saturated heterocycles. The van der Waals surface area contributed by atoms with Gasteiger partial charge in [-0.25, -0.2) is 0 Å². The minimum absolute atomic E-state index is 0.0316. The molecule has 0 aliphatic heterocycles. The lowest BCUT2D eigenvalue weighted by atomic mass is 10.1. The van der Waals surface area contributed by atoms with Crippen LogP contribution in [0.3, 0.4) is 0 Å². The summed E-state index contributed by atoms with van der Waals surface area (Å²) >= 11 is 9.11. The number of phenolic OH excluding ortho intramolecular Hbond substituents is 1. The molecule has 5 heteroatoms. The molecule has 0 radical (unpaired) electrons. The molecule has 3 nitrogen and oxygen atoms in total. The van der Waals surface area contributed by atoms with E-state index < -0.39 is 0 Å². The van der Waals surface area contributed by atoms with Gasteiger partial charge in [-0.1, -0.05) is 46.3 Å². The zero-order valence-corrected chi connectivity index (χ0v) is 13.6. The summed E-state index contributed by atoms with van der Waals surface area (Å²) in [5, 5.41) is 9.89. The topological polar surface area (TPSA) is 40.5 Å². The third-order valence-corrected chi connectivity index (χ3v) is 3.71. The van der Waals surface area contributed by atoms with Crippen molar-refractivity contribution in [1.82, 2.24) is 4.90 Å². The first-order valence-corrected chi connectivity index (χ1v) is 7.82. The molecule has 110 valence electrons. The van der Waals surface area contributed by atoms with E-state index in [2.05, 4.69) is 15.9 Å². The number of halogens is 2. The Balaban J connectivity index is 2.25. The number of benzene rings is 2. The van der Waals surface area contributed by atoms with Crippen molar-refractivity contribution in [2.75, 3.05) is 12.4 Å². The maximum Gasteiger partial charge on any atom is 0.257 e. The first-order chi connectivity index (χ1) is 10.1. The molecular weight excluding hydrogens is 354 g/mol. The smallest absolute Gasteiger partial charge is 0.257 e. The summed E-state index contributed by atoms with van der Waals surface area (Å²) in [6.45, 7) is 0.875. The van der Waals surface area contributed by atoms with Gasteiger partial charge in [0.15, 0.2) is 0 Å². The maximum atomic E-state index is 12.6. The predicted molar refractivity (Wildman–Crippen MR) is 87.7 cm³/mol. The average molecular weight is 369 g/mol. The molecule has 1 N–H and O–H groups in total. The highest BCUT2D eigenvalue weighted by molar-refractivity contribution is 9.10. The van der Waals surface area contributed by atoms with Crippen molar-refractivity contribution < 1.29 is 9.90 Å². The Bertz CT molecular complexity index is 619. The number of nitrogens with zero attached hydrogens (tertiary/aromatic N) is 1. The van der Waals surface area contributed by atoms with Gasteiger partial charge in [0.25, 0.3) is 5.91 Å². The molecule has 0 spiro atoms. The van der Waals surface area contributed by atoms with Gasteiger partial charge in [0, 0.05) is 23.4 Å². The van der Waals surface area contributed by atoms with Crippen LogP contribution in [0.1, 0.15) is 15.9 Å². The molecule has 0 aliphatic carbocycles. The lowest BCUT2D eigenvalue weighted by Gasteiger charge is -2.22. The van der Waals surface area contributed by atoms with E-state index in [-0.39, 0.29) is 17.2 Å². The quantitative estimate of drug-likeness (QED) is 0.809. The molecular formula is C16H15BrClNO2. The highest BCUT2D eigenvalue weighted by Crippen LogP contribution is 2.24. The number of alkyl halides is 1. The van der Waals surface area contributed by atoms with Crippen LogP contribution < -0.4 is 0 Å². The SMILES string of the molecule is O=C(c1cc(Br)ccc1O)N(CCCl)Cc1ccccc1. The van der Waals surface area contributed by atoms with Crippen LogP contribution in [0, 0.1) is 0 Å². The number of aromatic hydroxyl groups is 1. The number of carbonyl (C=O) groups is 1. The van der Waals surface area contributed by atoms with Crippen LogP contribution in [0.5, 0.6) is 5.75 Å². The van der Waals surface area contributed by atoms with E-state index in [1.54, 1.807) is 17.0 Å². The zero-order chi connectivity index (χ0) is 15.2. The summed E-state index contributed by atoms with van der Waals surface area (Å²) < 4.78 is 0.745. The van der Waals surface area contributed by atoms with Gasteiger partial charge in [0.05, 0.1) is 5.56 Å². The van der Waals surface area contributed by atoms with Gasteiger partial charge in [0.2, 0.25) is 0 Å². The van der Waals surface area contributed by atoms with Crippen molar-refractivity contribution in [3.63, 3.8) is 0 Å². The summed E-state index contributed by atoms with van der Waals surface area (Å²) in [6.07, 6.45) is 0. The fourth-order valence-corrected chi connectivity index (χ4v) is 2.57. The fraction of sp³-hybridized carbons (Fsp3) is 0.188.